The lowest BCUT2D eigenvalue weighted by Crippen LogP contribution is -2.22. The Labute approximate surface area is 101 Å². The van der Waals surface area contributed by atoms with Crippen LogP contribution in [0.2, 0.25) is 0 Å². The van der Waals surface area contributed by atoms with Crippen LogP contribution in [0.4, 0.5) is 4.39 Å². The highest BCUT2D eigenvalue weighted by Gasteiger charge is 2.37. The molecule has 0 amide bonds. The third-order valence-corrected chi connectivity index (χ3v) is 4.33. The molecule has 0 bridgehead atoms. The van der Waals surface area contributed by atoms with Crippen LogP contribution >= 0.6 is 0 Å². The number of rotatable bonds is 4. The molecule has 2 N–H and O–H groups in total. The number of benzene rings is 1. The topological polar surface area (TPSA) is 60.2 Å². The Kier molecular flexibility index (Phi) is 2.99. The van der Waals surface area contributed by atoms with Crippen molar-refractivity contribution in [3.63, 3.8) is 0 Å². The van der Waals surface area contributed by atoms with Gasteiger partial charge in [-0.2, -0.15) is 0 Å². The first-order chi connectivity index (χ1) is 7.80. The largest absolute Gasteiger partial charge is 0.325 e. The van der Waals surface area contributed by atoms with Gasteiger partial charge in [0.2, 0.25) is 0 Å². The van der Waals surface area contributed by atoms with Crippen LogP contribution in [0, 0.1) is 5.82 Å². The summed E-state index contributed by atoms with van der Waals surface area (Å²) in [7, 11) is -3.48. The highest BCUT2D eigenvalue weighted by Crippen LogP contribution is 2.36. The molecule has 1 aliphatic carbocycles. The summed E-state index contributed by atoms with van der Waals surface area (Å²) in [4.78, 5) is -0.241. The summed E-state index contributed by atoms with van der Waals surface area (Å²) in [5, 5.41) is 0. The molecule has 0 aliphatic heterocycles. The fourth-order valence-electron chi connectivity index (χ4n) is 1.80. The van der Waals surface area contributed by atoms with Gasteiger partial charge in [0.1, 0.15) is 10.7 Å². The Morgan fingerprint density at radius 3 is 2.53 bits per heavy atom. The zero-order valence-electron chi connectivity index (χ0n) is 9.74. The molecule has 94 valence electrons. The molecular formula is C12H16FNO2S. The van der Waals surface area contributed by atoms with Crippen LogP contribution in [0.25, 0.3) is 0 Å². The molecule has 5 heteroatoms. The second-order valence-electron chi connectivity index (χ2n) is 4.90. The van der Waals surface area contributed by atoms with E-state index in [-0.39, 0.29) is 10.4 Å². The van der Waals surface area contributed by atoms with Crippen molar-refractivity contribution in [2.45, 2.75) is 36.1 Å². The van der Waals surface area contributed by atoms with Crippen LogP contribution in [-0.2, 0) is 16.3 Å². The first kappa shape index (κ1) is 12.5. The molecule has 0 unspecified atom stereocenters. The average Bonchev–Trinajstić information content (AvgIpc) is 2.92. The van der Waals surface area contributed by atoms with Gasteiger partial charge < -0.3 is 5.73 Å². The van der Waals surface area contributed by atoms with E-state index < -0.39 is 15.7 Å². The Morgan fingerprint density at radius 2 is 2.06 bits per heavy atom. The van der Waals surface area contributed by atoms with Crippen molar-refractivity contribution in [2.24, 2.45) is 5.73 Å². The Balaban J connectivity index is 2.13. The monoisotopic (exact) mass is 257 g/mol. The minimum absolute atomic E-state index is 0.0635. The van der Waals surface area contributed by atoms with E-state index in [0.29, 0.717) is 6.42 Å². The van der Waals surface area contributed by atoms with Crippen LogP contribution < -0.4 is 5.73 Å². The molecule has 0 radical (unpaired) electrons. The predicted octanol–water partition coefficient (Wildman–Crippen LogP) is 1.65. The zero-order valence-corrected chi connectivity index (χ0v) is 10.6. The molecule has 1 aromatic rings. The van der Waals surface area contributed by atoms with Crippen molar-refractivity contribution in [3.05, 3.63) is 29.6 Å². The Hall–Kier alpha value is -0.940. The fourth-order valence-corrected chi connectivity index (χ4v) is 2.53. The lowest BCUT2D eigenvalue weighted by Gasteiger charge is -2.09. The van der Waals surface area contributed by atoms with Gasteiger partial charge in [0.25, 0.3) is 0 Å². The molecular weight excluding hydrogens is 241 g/mol. The zero-order chi connectivity index (χ0) is 12.7. The predicted molar refractivity (Wildman–Crippen MR) is 64.0 cm³/mol. The summed E-state index contributed by atoms with van der Waals surface area (Å²) in [6.45, 7) is 0. The first-order valence-electron chi connectivity index (χ1n) is 5.58. The van der Waals surface area contributed by atoms with E-state index in [1.165, 1.54) is 12.1 Å². The normalized spacial score (nSPS) is 18.1. The molecule has 0 saturated heterocycles. The van der Waals surface area contributed by atoms with Gasteiger partial charge in [-0.05, 0) is 43.4 Å². The maximum Gasteiger partial charge on any atom is 0.178 e. The third kappa shape index (κ3) is 3.04. The number of halogens is 1. The maximum atomic E-state index is 13.6. The van der Waals surface area contributed by atoms with Gasteiger partial charge in [0.05, 0.1) is 0 Å². The smallest absolute Gasteiger partial charge is 0.178 e. The fraction of sp³-hybridized carbons (Fsp3) is 0.500. The molecule has 0 heterocycles. The summed E-state index contributed by atoms with van der Waals surface area (Å²) < 4.78 is 36.0. The van der Waals surface area contributed by atoms with Crippen molar-refractivity contribution in [1.82, 2.24) is 0 Å². The summed E-state index contributed by atoms with van der Waals surface area (Å²) in [5.74, 6) is -0.674. The quantitative estimate of drug-likeness (QED) is 0.892. The van der Waals surface area contributed by atoms with E-state index in [1.807, 2.05) is 0 Å². The van der Waals surface area contributed by atoms with Crippen LogP contribution in [-0.4, -0.2) is 20.2 Å². The van der Waals surface area contributed by atoms with E-state index in [4.69, 9.17) is 5.73 Å². The third-order valence-electron chi connectivity index (χ3n) is 3.20. The van der Waals surface area contributed by atoms with Crippen molar-refractivity contribution in [1.29, 1.82) is 0 Å². The molecule has 17 heavy (non-hydrogen) atoms. The van der Waals surface area contributed by atoms with E-state index >= 15 is 0 Å². The van der Waals surface area contributed by atoms with Gasteiger partial charge in [-0.25, -0.2) is 12.8 Å². The van der Waals surface area contributed by atoms with Crippen LogP contribution in [0.15, 0.2) is 23.1 Å². The number of hydrogen-bond donors (Lipinski definition) is 1. The SMILES string of the molecule is CS(=O)(=O)c1ccc(CCC2(N)CC2)cc1F. The van der Waals surface area contributed by atoms with Gasteiger partial charge in [0, 0.05) is 11.8 Å². The molecule has 0 atom stereocenters. The van der Waals surface area contributed by atoms with E-state index in [0.717, 1.165) is 31.1 Å². The maximum absolute atomic E-state index is 13.6. The van der Waals surface area contributed by atoms with Gasteiger partial charge in [-0.15, -0.1) is 0 Å². The highest BCUT2D eigenvalue weighted by atomic mass is 32.2. The standard InChI is InChI=1S/C12H16FNO2S/c1-17(15,16)11-3-2-9(8-10(11)13)4-5-12(14)6-7-12/h2-3,8H,4-7,14H2,1H3. The van der Waals surface area contributed by atoms with E-state index in [2.05, 4.69) is 0 Å². The van der Waals surface area contributed by atoms with Gasteiger partial charge in [0.15, 0.2) is 9.84 Å². The molecule has 1 fully saturated rings. The summed E-state index contributed by atoms with van der Waals surface area (Å²) in [5.41, 5.74) is 6.68. The van der Waals surface area contributed by atoms with E-state index in [1.54, 1.807) is 6.07 Å². The molecule has 3 nitrogen and oxygen atoms in total. The van der Waals surface area contributed by atoms with Crippen molar-refractivity contribution < 1.29 is 12.8 Å². The number of sulfone groups is 1. The average molecular weight is 257 g/mol. The van der Waals surface area contributed by atoms with Crippen LogP contribution in [0.5, 0.6) is 0 Å². The van der Waals surface area contributed by atoms with Gasteiger partial charge in [-0.1, -0.05) is 6.07 Å². The second kappa shape index (κ2) is 4.07. The van der Waals surface area contributed by atoms with Gasteiger partial charge >= 0.3 is 0 Å². The Morgan fingerprint density at radius 1 is 1.41 bits per heavy atom. The molecule has 0 aromatic heterocycles. The van der Waals surface area contributed by atoms with Crippen LogP contribution in [0.3, 0.4) is 0 Å². The van der Waals surface area contributed by atoms with Gasteiger partial charge in [-0.3, -0.25) is 0 Å². The minimum Gasteiger partial charge on any atom is -0.325 e. The lowest BCUT2D eigenvalue weighted by molar-refractivity contribution is 0.565. The molecule has 1 aromatic carbocycles. The minimum atomic E-state index is -3.48. The second-order valence-corrected chi connectivity index (χ2v) is 6.88. The molecule has 2 rings (SSSR count). The number of hydrogen-bond acceptors (Lipinski definition) is 3. The first-order valence-corrected chi connectivity index (χ1v) is 7.47. The summed E-state index contributed by atoms with van der Waals surface area (Å²) in [6.07, 6.45) is 4.57. The summed E-state index contributed by atoms with van der Waals surface area (Å²) in [6, 6.07) is 4.28. The van der Waals surface area contributed by atoms with E-state index in [9.17, 15) is 12.8 Å². The summed E-state index contributed by atoms with van der Waals surface area (Å²) >= 11 is 0. The van der Waals surface area contributed by atoms with Crippen molar-refractivity contribution >= 4 is 9.84 Å². The highest BCUT2D eigenvalue weighted by molar-refractivity contribution is 7.90. The molecule has 1 saturated carbocycles. The van der Waals surface area contributed by atoms with Crippen molar-refractivity contribution in [2.75, 3.05) is 6.26 Å². The lowest BCUT2D eigenvalue weighted by atomic mass is 10.0. The molecule has 0 spiro atoms. The Bertz CT molecular complexity index is 535. The number of aryl methyl sites for hydroxylation is 1. The van der Waals surface area contributed by atoms with Crippen molar-refractivity contribution in [3.8, 4) is 0 Å². The number of nitrogens with two attached hydrogens (primary N) is 1. The molecule has 1 aliphatic rings. The van der Waals surface area contributed by atoms with Crippen LogP contribution in [0.1, 0.15) is 24.8 Å².